The number of benzene rings is 8. The van der Waals surface area contributed by atoms with Crippen molar-refractivity contribution in [1.82, 2.24) is 0 Å². The van der Waals surface area contributed by atoms with Gasteiger partial charge in [0.15, 0.2) is 0 Å². The number of fused-ring (bicyclic) bond motifs is 6. The van der Waals surface area contributed by atoms with E-state index < -0.39 is 0 Å². The van der Waals surface area contributed by atoms with Crippen LogP contribution in [0.4, 0.5) is 17.1 Å². The average molecular weight is 666 g/mol. The van der Waals surface area contributed by atoms with Crippen molar-refractivity contribution in [2.24, 2.45) is 0 Å². The van der Waals surface area contributed by atoms with Crippen molar-refractivity contribution in [3.8, 4) is 22.3 Å². The minimum absolute atomic E-state index is 0.892. The van der Waals surface area contributed by atoms with E-state index in [1.165, 1.54) is 38.1 Å². The summed E-state index contributed by atoms with van der Waals surface area (Å²) in [4.78, 5) is 2.40. The van der Waals surface area contributed by atoms with Gasteiger partial charge in [-0.15, -0.1) is 0 Å². The van der Waals surface area contributed by atoms with Gasteiger partial charge in [-0.25, -0.2) is 0 Å². The topological polar surface area (TPSA) is 16.4 Å². The molecule has 9 aromatic rings. The van der Waals surface area contributed by atoms with Crippen molar-refractivity contribution >= 4 is 61.4 Å². The molecule has 0 spiro atoms. The number of rotatable bonds is 6. The van der Waals surface area contributed by atoms with Gasteiger partial charge >= 0.3 is 0 Å². The first kappa shape index (κ1) is 30.2. The van der Waals surface area contributed by atoms with Crippen molar-refractivity contribution < 1.29 is 4.42 Å². The van der Waals surface area contributed by atoms with E-state index >= 15 is 0 Å². The van der Waals surface area contributed by atoms with Crippen LogP contribution >= 0.6 is 0 Å². The van der Waals surface area contributed by atoms with Crippen LogP contribution in [0.5, 0.6) is 0 Å². The molecule has 0 radical (unpaired) electrons. The Bertz CT molecular complexity index is 2880. The summed E-state index contributed by atoms with van der Waals surface area (Å²) in [5.41, 5.74) is 12.5. The number of para-hydroxylation sites is 1. The van der Waals surface area contributed by atoms with Crippen molar-refractivity contribution in [2.75, 3.05) is 4.90 Å². The summed E-state index contributed by atoms with van der Waals surface area (Å²) in [6.45, 7) is 0. The van der Waals surface area contributed by atoms with E-state index in [1.54, 1.807) is 0 Å². The largest absolute Gasteiger partial charge is 0.455 e. The van der Waals surface area contributed by atoms with Gasteiger partial charge in [0.05, 0.1) is 5.69 Å². The molecule has 1 aliphatic rings. The van der Waals surface area contributed by atoms with E-state index in [0.29, 0.717) is 0 Å². The van der Waals surface area contributed by atoms with Crippen molar-refractivity contribution in [3.05, 3.63) is 198 Å². The zero-order valence-corrected chi connectivity index (χ0v) is 28.7. The molecule has 246 valence electrons. The number of nitrogens with zero attached hydrogens (tertiary/aromatic N) is 1. The summed E-state index contributed by atoms with van der Waals surface area (Å²) in [5, 5.41) is 7.24. The molecule has 0 fully saturated rings. The number of hydrogen-bond acceptors (Lipinski definition) is 2. The number of anilines is 3. The SMILES string of the molecule is C1=c2ccccc2=C(c2ccc(N(c3ccc(-c4ccccc4)cc3)c3ccccc3-c3cccc4oc5c6ccccc6ccc5c34)cc2)CC1. The smallest absolute Gasteiger partial charge is 0.143 e. The summed E-state index contributed by atoms with van der Waals surface area (Å²) < 4.78 is 6.63. The fourth-order valence-electron chi connectivity index (χ4n) is 8.10. The van der Waals surface area contributed by atoms with Gasteiger partial charge in [0.25, 0.3) is 0 Å². The van der Waals surface area contributed by atoms with Crippen LogP contribution in [0, 0.1) is 0 Å². The molecule has 0 atom stereocenters. The minimum Gasteiger partial charge on any atom is -0.455 e. The third kappa shape index (κ3) is 5.11. The predicted molar refractivity (Wildman–Crippen MR) is 219 cm³/mol. The molecule has 52 heavy (non-hydrogen) atoms. The van der Waals surface area contributed by atoms with Crippen LogP contribution in [0.2, 0.25) is 0 Å². The van der Waals surface area contributed by atoms with E-state index in [-0.39, 0.29) is 0 Å². The van der Waals surface area contributed by atoms with E-state index in [0.717, 1.165) is 68.4 Å². The third-order valence-electron chi connectivity index (χ3n) is 10.6. The van der Waals surface area contributed by atoms with Crippen LogP contribution in [0.15, 0.2) is 186 Å². The normalized spacial score (nSPS) is 12.6. The Hall–Kier alpha value is -6.64. The summed E-state index contributed by atoms with van der Waals surface area (Å²) in [6.07, 6.45) is 4.46. The monoisotopic (exact) mass is 665 g/mol. The average Bonchev–Trinajstić information content (AvgIpc) is 3.62. The van der Waals surface area contributed by atoms with Crippen LogP contribution in [-0.4, -0.2) is 0 Å². The lowest BCUT2D eigenvalue weighted by Gasteiger charge is -2.28. The second kappa shape index (κ2) is 12.6. The van der Waals surface area contributed by atoms with Gasteiger partial charge < -0.3 is 9.32 Å². The van der Waals surface area contributed by atoms with Gasteiger partial charge in [0.2, 0.25) is 0 Å². The molecule has 0 bridgehead atoms. The highest BCUT2D eigenvalue weighted by atomic mass is 16.3. The molecule has 10 rings (SSSR count). The summed E-state index contributed by atoms with van der Waals surface area (Å²) in [5.74, 6) is 0. The lowest BCUT2D eigenvalue weighted by Crippen LogP contribution is -2.29. The summed E-state index contributed by atoms with van der Waals surface area (Å²) >= 11 is 0. The Morgan fingerprint density at radius 2 is 1.13 bits per heavy atom. The second-order valence-electron chi connectivity index (χ2n) is 13.6. The summed E-state index contributed by atoms with van der Waals surface area (Å²) in [6, 6.07) is 65.6. The Balaban J connectivity index is 1.16. The number of hydrogen-bond donors (Lipinski definition) is 0. The van der Waals surface area contributed by atoms with Crippen molar-refractivity contribution in [3.63, 3.8) is 0 Å². The lowest BCUT2D eigenvalue weighted by atomic mass is 9.93. The standard InChI is InChI=1S/C50H35NO/c1-2-12-34(13-3-1)35-24-29-39(30-25-35)51(40-31-26-38(27-32-40)42-20-10-16-36-14-4-6-17-41(36)42)47-22-9-8-19-44(47)45-21-11-23-48-49(45)46-33-28-37-15-5-7-18-43(37)50(46)52-48/h1-9,11-19,21-33H,10,20H2. The molecule has 2 nitrogen and oxygen atoms in total. The molecule has 2 heteroatoms. The Morgan fingerprint density at radius 1 is 0.462 bits per heavy atom. The molecule has 0 unspecified atom stereocenters. The van der Waals surface area contributed by atoms with E-state index in [1.807, 2.05) is 0 Å². The van der Waals surface area contributed by atoms with Gasteiger partial charge in [0.1, 0.15) is 11.2 Å². The van der Waals surface area contributed by atoms with Gasteiger partial charge in [0, 0.05) is 33.1 Å². The van der Waals surface area contributed by atoms with Gasteiger partial charge in [-0.3, -0.25) is 0 Å². The molecular formula is C50H35NO. The number of furan rings is 1. The zero-order valence-electron chi connectivity index (χ0n) is 28.7. The zero-order chi connectivity index (χ0) is 34.4. The quantitative estimate of drug-likeness (QED) is 0.176. The van der Waals surface area contributed by atoms with Crippen LogP contribution in [-0.2, 0) is 0 Å². The molecule has 0 saturated carbocycles. The van der Waals surface area contributed by atoms with Crippen molar-refractivity contribution in [2.45, 2.75) is 12.8 Å². The van der Waals surface area contributed by atoms with Crippen LogP contribution < -0.4 is 15.3 Å². The Kier molecular flexibility index (Phi) is 7.32. The maximum Gasteiger partial charge on any atom is 0.143 e. The molecule has 1 heterocycles. The van der Waals surface area contributed by atoms with Crippen molar-refractivity contribution in [1.29, 1.82) is 0 Å². The minimum atomic E-state index is 0.892. The first-order valence-electron chi connectivity index (χ1n) is 18.1. The second-order valence-corrected chi connectivity index (χ2v) is 13.6. The fourth-order valence-corrected chi connectivity index (χ4v) is 8.10. The highest BCUT2D eigenvalue weighted by molar-refractivity contribution is 6.19. The summed E-state index contributed by atoms with van der Waals surface area (Å²) in [7, 11) is 0. The highest BCUT2D eigenvalue weighted by Gasteiger charge is 2.21. The molecule has 1 aliphatic carbocycles. The molecular weight excluding hydrogens is 631 g/mol. The van der Waals surface area contributed by atoms with Gasteiger partial charge in [-0.2, -0.15) is 0 Å². The molecule has 0 N–H and O–H groups in total. The third-order valence-corrected chi connectivity index (χ3v) is 10.6. The molecule has 0 aliphatic heterocycles. The maximum absolute atomic E-state index is 6.63. The van der Waals surface area contributed by atoms with Crippen LogP contribution in [0.3, 0.4) is 0 Å². The van der Waals surface area contributed by atoms with Gasteiger partial charge in [-0.05, 0) is 99.0 Å². The molecule has 0 amide bonds. The Morgan fingerprint density at radius 3 is 1.98 bits per heavy atom. The molecule has 0 saturated heterocycles. The van der Waals surface area contributed by atoms with E-state index in [4.69, 9.17) is 4.42 Å². The van der Waals surface area contributed by atoms with E-state index in [2.05, 4.69) is 193 Å². The van der Waals surface area contributed by atoms with E-state index in [9.17, 15) is 0 Å². The highest BCUT2D eigenvalue weighted by Crippen LogP contribution is 2.46. The lowest BCUT2D eigenvalue weighted by molar-refractivity contribution is 0.673. The first-order chi connectivity index (χ1) is 25.8. The molecule has 8 aromatic carbocycles. The van der Waals surface area contributed by atoms with Gasteiger partial charge in [-0.1, -0.05) is 146 Å². The van der Waals surface area contributed by atoms with Crippen LogP contribution in [0.1, 0.15) is 18.4 Å². The predicted octanol–water partition coefficient (Wildman–Crippen LogP) is 12.3. The maximum atomic E-state index is 6.63. The van der Waals surface area contributed by atoms with Crippen LogP contribution in [0.25, 0.3) is 66.6 Å². The first-order valence-corrected chi connectivity index (χ1v) is 18.1. The fraction of sp³-hybridized carbons (Fsp3) is 0.0400. The molecule has 1 aromatic heterocycles. The Labute approximate surface area is 302 Å².